The first kappa shape index (κ1) is 29.1. The summed E-state index contributed by atoms with van der Waals surface area (Å²) in [6.45, 7) is 1.32. The molecule has 1 N–H and O–H groups in total. The maximum absolute atomic E-state index is 13.2. The molecule has 13 heteroatoms. The lowest BCUT2D eigenvalue weighted by atomic mass is 9.90. The Morgan fingerprint density at radius 3 is 2.33 bits per heavy atom. The van der Waals surface area contributed by atoms with Gasteiger partial charge in [0.2, 0.25) is 5.96 Å². The predicted molar refractivity (Wildman–Crippen MR) is 145 cm³/mol. The van der Waals surface area contributed by atoms with Gasteiger partial charge in [-0.15, -0.1) is 0 Å². The van der Waals surface area contributed by atoms with E-state index in [0.29, 0.717) is 16.3 Å². The molecule has 0 saturated heterocycles. The molecule has 1 heterocycles. The van der Waals surface area contributed by atoms with Gasteiger partial charge in [0.1, 0.15) is 6.54 Å². The maximum Gasteiger partial charge on any atom is 0.416 e. The Bertz CT molecular complexity index is 1510. The molecule has 1 aliphatic heterocycles. The van der Waals surface area contributed by atoms with Crippen LogP contribution in [0, 0.1) is 0 Å². The first-order chi connectivity index (χ1) is 19.0. The van der Waals surface area contributed by atoms with E-state index in [0.717, 1.165) is 17.7 Å². The largest absolute Gasteiger partial charge is 0.465 e. The van der Waals surface area contributed by atoms with Crippen molar-refractivity contribution in [3.8, 4) is 0 Å². The number of carbonyl (C=O) groups is 1. The van der Waals surface area contributed by atoms with Crippen LogP contribution in [0.1, 0.15) is 29.5 Å². The van der Waals surface area contributed by atoms with Gasteiger partial charge in [-0.2, -0.15) is 18.3 Å². The van der Waals surface area contributed by atoms with Crippen molar-refractivity contribution in [3.05, 3.63) is 101 Å². The summed E-state index contributed by atoms with van der Waals surface area (Å²) in [6, 6.07) is 19.1. The number of sulfonamides is 1. The third-order valence-corrected chi connectivity index (χ3v) is 7.48. The smallest absolute Gasteiger partial charge is 0.416 e. The molecule has 1 aliphatic rings. The number of guanidine groups is 1. The third kappa shape index (κ3) is 6.99. The molecular weight excluding hydrogens is 569 g/mol. The lowest BCUT2D eigenvalue weighted by Gasteiger charge is -2.20. The molecule has 0 amide bonds. The summed E-state index contributed by atoms with van der Waals surface area (Å²) in [4.78, 5) is 16.1. The van der Waals surface area contributed by atoms with Crippen LogP contribution in [0.25, 0.3) is 0 Å². The van der Waals surface area contributed by atoms with Crippen molar-refractivity contribution in [2.45, 2.75) is 23.9 Å². The molecule has 4 rings (SSSR count). The lowest BCUT2D eigenvalue weighted by molar-refractivity contribution is -0.141. The number of ether oxygens (including phenoxy) is 1. The molecular formula is C27H24ClF3N4O4S. The third-order valence-electron chi connectivity index (χ3n) is 5.88. The molecule has 0 saturated carbocycles. The first-order valence-corrected chi connectivity index (χ1v) is 13.9. The van der Waals surface area contributed by atoms with E-state index in [1.54, 1.807) is 19.1 Å². The Morgan fingerprint density at radius 1 is 1.07 bits per heavy atom. The molecule has 40 heavy (non-hydrogen) atoms. The second-order valence-corrected chi connectivity index (χ2v) is 10.7. The van der Waals surface area contributed by atoms with Crippen molar-refractivity contribution in [2.24, 2.45) is 10.1 Å². The number of halogens is 4. The van der Waals surface area contributed by atoms with Crippen LogP contribution >= 0.6 is 11.6 Å². The highest BCUT2D eigenvalue weighted by Crippen LogP contribution is 2.32. The van der Waals surface area contributed by atoms with E-state index in [4.69, 9.17) is 16.3 Å². The Morgan fingerprint density at radius 2 is 1.73 bits per heavy atom. The van der Waals surface area contributed by atoms with Crippen LogP contribution < -0.4 is 4.72 Å². The van der Waals surface area contributed by atoms with Gasteiger partial charge in [-0.1, -0.05) is 54.1 Å². The number of hydrazone groups is 1. The van der Waals surface area contributed by atoms with Crippen LogP contribution in [-0.4, -0.2) is 50.8 Å². The number of esters is 1. The van der Waals surface area contributed by atoms with Gasteiger partial charge in [0, 0.05) is 10.9 Å². The summed E-state index contributed by atoms with van der Waals surface area (Å²) in [7, 11) is -4.19. The molecule has 0 fully saturated rings. The molecule has 1 atom stereocenters. The van der Waals surface area contributed by atoms with Gasteiger partial charge in [-0.25, -0.2) is 23.1 Å². The number of nitrogens with zero attached hydrogens (tertiary/aromatic N) is 3. The van der Waals surface area contributed by atoms with Crippen molar-refractivity contribution in [1.29, 1.82) is 0 Å². The lowest BCUT2D eigenvalue weighted by Crippen LogP contribution is -2.41. The minimum atomic E-state index is -4.51. The summed E-state index contributed by atoms with van der Waals surface area (Å²) < 4.78 is 73.2. The average molecular weight is 593 g/mol. The zero-order valence-electron chi connectivity index (χ0n) is 21.1. The van der Waals surface area contributed by atoms with Crippen LogP contribution in [0.4, 0.5) is 13.2 Å². The van der Waals surface area contributed by atoms with E-state index in [9.17, 15) is 26.4 Å². The van der Waals surface area contributed by atoms with Crippen LogP contribution in [0.3, 0.4) is 0 Å². The first-order valence-electron chi connectivity index (χ1n) is 12.0. The summed E-state index contributed by atoms with van der Waals surface area (Å²) >= 11 is 5.89. The van der Waals surface area contributed by atoms with Gasteiger partial charge in [0.05, 0.1) is 29.3 Å². The molecule has 0 aliphatic carbocycles. The van der Waals surface area contributed by atoms with Crippen molar-refractivity contribution in [1.82, 2.24) is 9.73 Å². The second-order valence-electron chi connectivity index (χ2n) is 8.61. The van der Waals surface area contributed by atoms with E-state index in [2.05, 4.69) is 14.8 Å². The van der Waals surface area contributed by atoms with Gasteiger partial charge >= 0.3 is 12.1 Å². The van der Waals surface area contributed by atoms with E-state index in [1.165, 1.54) is 41.4 Å². The van der Waals surface area contributed by atoms with Gasteiger partial charge in [-0.3, -0.25) is 4.79 Å². The summed E-state index contributed by atoms with van der Waals surface area (Å²) in [6.07, 6.45) is -4.51. The molecule has 8 nitrogen and oxygen atoms in total. The molecule has 3 aromatic rings. The normalized spacial score (nSPS) is 16.0. The van der Waals surface area contributed by atoms with Gasteiger partial charge in [0.25, 0.3) is 10.0 Å². The minimum absolute atomic E-state index is 0.0885. The number of rotatable bonds is 7. The zero-order chi connectivity index (χ0) is 28.9. The second kappa shape index (κ2) is 12.1. The maximum atomic E-state index is 13.2. The summed E-state index contributed by atoms with van der Waals surface area (Å²) in [5.41, 5.74) is 0.799. The fraction of sp³-hybridized carbons (Fsp3) is 0.222. The topological polar surface area (TPSA) is 100 Å². The number of alkyl halides is 3. The number of hydrogen-bond acceptors (Lipinski definition) is 6. The van der Waals surface area contributed by atoms with Gasteiger partial charge in [0.15, 0.2) is 0 Å². The van der Waals surface area contributed by atoms with Gasteiger partial charge in [-0.05, 0) is 54.4 Å². The van der Waals surface area contributed by atoms with Crippen LogP contribution in [0.2, 0.25) is 5.02 Å². The number of nitrogens with one attached hydrogen (secondary N) is 1. The Balaban J connectivity index is 1.74. The monoisotopic (exact) mass is 592 g/mol. The van der Waals surface area contributed by atoms with Crippen molar-refractivity contribution < 1.29 is 31.1 Å². The number of aliphatic imine (C=N–C) groups is 1. The quantitative estimate of drug-likeness (QED) is 0.235. The fourth-order valence-electron chi connectivity index (χ4n) is 3.98. The molecule has 0 bridgehead atoms. The van der Waals surface area contributed by atoms with E-state index in [-0.39, 0.29) is 24.0 Å². The standard InChI is InChI=1S/C27H24ClF3N4O4S/c1-2-39-24(36)16-32-26(34-40(37,38)22-14-12-21(28)13-15-22)35-17-23(18-6-4-3-5-7-18)25(33-35)19-8-10-20(11-9-19)27(29,30)31/h3-15,23H,2,16-17H2,1H3,(H,32,34). The molecule has 0 spiro atoms. The molecule has 3 aromatic carbocycles. The van der Waals surface area contributed by atoms with Crippen LogP contribution in [0.5, 0.6) is 0 Å². The number of carbonyl (C=O) groups excluding carboxylic acids is 1. The van der Waals surface area contributed by atoms with E-state index >= 15 is 0 Å². The number of benzene rings is 3. The summed E-state index contributed by atoms with van der Waals surface area (Å²) in [5, 5.41) is 6.18. The molecule has 0 aromatic heterocycles. The van der Waals surface area contributed by atoms with E-state index < -0.39 is 40.2 Å². The fourth-order valence-corrected chi connectivity index (χ4v) is 5.13. The van der Waals surface area contributed by atoms with Crippen molar-refractivity contribution >= 4 is 39.3 Å². The van der Waals surface area contributed by atoms with Crippen molar-refractivity contribution in [2.75, 3.05) is 19.7 Å². The minimum Gasteiger partial charge on any atom is -0.465 e. The Hall–Kier alpha value is -3.90. The van der Waals surface area contributed by atoms with Crippen LogP contribution in [0.15, 0.2) is 93.9 Å². The Labute approximate surface area is 234 Å². The highest BCUT2D eigenvalue weighted by atomic mass is 35.5. The van der Waals surface area contributed by atoms with Gasteiger partial charge < -0.3 is 4.74 Å². The highest BCUT2D eigenvalue weighted by molar-refractivity contribution is 7.90. The zero-order valence-corrected chi connectivity index (χ0v) is 22.7. The average Bonchev–Trinajstić information content (AvgIpc) is 3.37. The van der Waals surface area contributed by atoms with Crippen molar-refractivity contribution in [3.63, 3.8) is 0 Å². The molecule has 210 valence electrons. The Kier molecular flexibility index (Phi) is 8.79. The summed E-state index contributed by atoms with van der Waals surface area (Å²) in [5.74, 6) is -1.40. The SMILES string of the molecule is CCOC(=O)CN=C(NS(=O)(=O)c1ccc(Cl)cc1)N1CC(c2ccccc2)C(c2ccc(C(F)(F)F)cc2)=N1. The number of hydrogen-bond donors (Lipinski definition) is 1. The predicted octanol–water partition coefficient (Wildman–Crippen LogP) is 5.06. The molecule has 0 radical (unpaired) electrons. The van der Waals surface area contributed by atoms with Crippen LogP contribution in [-0.2, 0) is 25.7 Å². The van der Waals surface area contributed by atoms with E-state index in [1.807, 2.05) is 18.2 Å². The molecule has 1 unspecified atom stereocenters. The highest BCUT2D eigenvalue weighted by Gasteiger charge is 2.34.